The van der Waals surface area contributed by atoms with Gasteiger partial charge in [0.05, 0.1) is 40.3 Å². The van der Waals surface area contributed by atoms with Gasteiger partial charge in [0, 0.05) is 12.8 Å². The summed E-state index contributed by atoms with van der Waals surface area (Å²) in [5.41, 5.74) is 0. The maximum atomic E-state index is 12.9. The van der Waals surface area contributed by atoms with Crippen LogP contribution < -0.4 is 5.11 Å². The first-order valence-corrected chi connectivity index (χ1v) is 29.6. The summed E-state index contributed by atoms with van der Waals surface area (Å²) in [6.45, 7) is 4.44. The van der Waals surface area contributed by atoms with Crippen LogP contribution in [-0.2, 0) is 33.3 Å². The highest BCUT2D eigenvalue weighted by Crippen LogP contribution is 2.13. The summed E-state index contributed by atoms with van der Waals surface area (Å²) in [4.78, 5) is 37.3. The molecular weight excluding hydrogens is 959 g/mol. The third kappa shape index (κ3) is 58.4. The van der Waals surface area contributed by atoms with Crippen LogP contribution in [0.25, 0.3) is 0 Å². The lowest BCUT2D eigenvalue weighted by molar-refractivity contribution is -0.870. The molecule has 0 aliphatic heterocycles. The Kier molecular flexibility index (Phi) is 53.3. The van der Waals surface area contributed by atoms with Gasteiger partial charge in [0.25, 0.3) is 0 Å². The summed E-state index contributed by atoms with van der Waals surface area (Å²) >= 11 is 0. The van der Waals surface area contributed by atoms with Crippen LogP contribution in [-0.4, -0.2) is 82.3 Å². The van der Waals surface area contributed by atoms with Crippen LogP contribution in [0.2, 0.25) is 0 Å². The Bertz CT molecular complexity index is 1810. The highest BCUT2D eigenvalue weighted by molar-refractivity contribution is 5.70. The zero-order chi connectivity index (χ0) is 56.2. The molecular formula is C68H107NO8. The Hall–Kier alpha value is -5.09. The molecule has 77 heavy (non-hydrogen) atoms. The van der Waals surface area contributed by atoms with Gasteiger partial charge in [-0.2, -0.15) is 0 Å². The predicted octanol–water partition coefficient (Wildman–Crippen LogP) is 16.4. The number of carbonyl (C=O) groups is 3. The molecule has 0 saturated heterocycles. The van der Waals surface area contributed by atoms with E-state index in [-0.39, 0.29) is 32.7 Å². The van der Waals surface area contributed by atoms with Crippen molar-refractivity contribution >= 4 is 17.9 Å². The van der Waals surface area contributed by atoms with Crippen LogP contribution in [0.1, 0.15) is 194 Å². The Labute approximate surface area is 470 Å². The van der Waals surface area contributed by atoms with Crippen molar-refractivity contribution in [3.63, 3.8) is 0 Å². The van der Waals surface area contributed by atoms with E-state index in [2.05, 4.69) is 172 Å². The quantitative estimate of drug-likeness (QED) is 0.0195. The topological polar surface area (TPSA) is 111 Å². The van der Waals surface area contributed by atoms with Gasteiger partial charge in [-0.05, 0) is 122 Å². The highest BCUT2D eigenvalue weighted by atomic mass is 16.7. The van der Waals surface area contributed by atoms with E-state index in [1.165, 1.54) is 12.8 Å². The molecule has 0 rings (SSSR count). The molecule has 0 radical (unpaired) electrons. The Balaban J connectivity index is 4.30. The van der Waals surface area contributed by atoms with Crippen LogP contribution in [0.3, 0.4) is 0 Å². The zero-order valence-electron chi connectivity index (χ0n) is 49.0. The van der Waals surface area contributed by atoms with E-state index in [0.717, 1.165) is 141 Å². The molecule has 2 unspecified atom stereocenters. The molecule has 9 heteroatoms. The lowest BCUT2D eigenvalue weighted by Gasteiger charge is -2.26. The number of rotatable bonds is 52. The number of ether oxygens (including phenoxy) is 4. The number of likely N-dealkylation sites (N-methyl/N-ethyl adjacent to an activating group) is 1. The van der Waals surface area contributed by atoms with Gasteiger partial charge in [-0.15, -0.1) is 0 Å². The number of carbonyl (C=O) groups excluding carboxylic acids is 3. The van der Waals surface area contributed by atoms with Crippen molar-refractivity contribution in [1.82, 2.24) is 0 Å². The molecule has 0 aliphatic rings. The molecule has 2 atom stereocenters. The number of carboxylic acid groups (broad SMARTS) is 1. The third-order valence-electron chi connectivity index (χ3n) is 11.8. The molecule has 0 aliphatic carbocycles. The largest absolute Gasteiger partial charge is 0.545 e. The number of aliphatic carboxylic acids is 1. The van der Waals surface area contributed by atoms with Gasteiger partial charge in [0.15, 0.2) is 12.4 Å². The van der Waals surface area contributed by atoms with Gasteiger partial charge in [-0.3, -0.25) is 9.59 Å². The number of unbranched alkanes of at least 4 members (excludes halogenated alkanes) is 11. The van der Waals surface area contributed by atoms with E-state index < -0.39 is 30.3 Å². The Morgan fingerprint density at radius 2 is 0.701 bits per heavy atom. The summed E-state index contributed by atoms with van der Waals surface area (Å²) in [5, 5.41) is 11.8. The van der Waals surface area contributed by atoms with E-state index in [1.54, 1.807) is 0 Å². The monoisotopic (exact) mass is 1070 g/mol. The number of allylic oxidation sites excluding steroid dienone is 26. The molecule has 0 heterocycles. The summed E-state index contributed by atoms with van der Waals surface area (Å²) in [7, 11) is 5.89. The molecule has 0 aromatic rings. The van der Waals surface area contributed by atoms with Crippen molar-refractivity contribution in [1.29, 1.82) is 0 Å². The van der Waals surface area contributed by atoms with Crippen molar-refractivity contribution in [3.8, 4) is 0 Å². The molecule has 0 aromatic carbocycles. The average molecular weight is 1070 g/mol. The van der Waals surface area contributed by atoms with Gasteiger partial charge in [-0.25, -0.2) is 0 Å². The van der Waals surface area contributed by atoms with Crippen LogP contribution in [0.15, 0.2) is 158 Å². The molecule has 0 aromatic heterocycles. The predicted molar refractivity (Wildman–Crippen MR) is 324 cm³/mol. The SMILES string of the molecule is CC/C=C\C/C=C\C/C=C\C/C=C\C/C=C\C/C=C\C/C=C\C/C=C\C/C=C\CCCCCCCCCC(=O)OC(COC(=O)CCCCCC/C=C\C/C=C\C/C=C\C/C=C\CC)COC(OCC[N+](C)(C)C)C(=O)[O-]. The Morgan fingerprint density at radius 1 is 0.390 bits per heavy atom. The maximum absolute atomic E-state index is 12.9. The second-order valence-corrected chi connectivity index (χ2v) is 20.2. The number of nitrogens with zero attached hydrogens (tertiary/aromatic N) is 1. The van der Waals surface area contributed by atoms with Gasteiger partial charge in [0.2, 0.25) is 0 Å². The number of carboxylic acids is 1. The second-order valence-electron chi connectivity index (χ2n) is 20.2. The summed E-state index contributed by atoms with van der Waals surface area (Å²) in [6.07, 6.45) is 81.5. The van der Waals surface area contributed by atoms with E-state index in [4.69, 9.17) is 18.9 Å². The number of quaternary nitrogens is 1. The minimum absolute atomic E-state index is 0.132. The van der Waals surface area contributed by atoms with Crippen LogP contribution in [0, 0.1) is 0 Å². The van der Waals surface area contributed by atoms with Gasteiger partial charge in [0.1, 0.15) is 13.2 Å². The summed E-state index contributed by atoms with van der Waals surface area (Å²) < 4.78 is 22.6. The molecule has 0 fully saturated rings. The van der Waals surface area contributed by atoms with Crippen molar-refractivity contribution in [3.05, 3.63) is 158 Å². The Morgan fingerprint density at radius 3 is 1.04 bits per heavy atom. The summed E-state index contributed by atoms with van der Waals surface area (Å²) in [5.74, 6) is -2.35. The van der Waals surface area contributed by atoms with E-state index in [9.17, 15) is 19.5 Å². The minimum atomic E-state index is -1.64. The molecule has 9 nitrogen and oxygen atoms in total. The molecule has 0 bridgehead atoms. The van der Waals surface area contributed by atoms with Gasteiger partial charge < -0.3 is 33.3 Å². The number of hydrogen-bond acceptors (Lipinski definition) is 8. The fraction of sp³-hybridized carbons (Fsp3) is 0.574. The normalized spacial score (nSPS) is 13.9. The van der Waals surface area contributed by atoms with E-state index >= 15 is 0 Å². The van der Waals surface area contributed by atoms with Crippen molar-refractivity contribution in [2.75, 3.05) is 47.5 Å². The maximum Gasteiger partial charge on any atom is 0.306 e. The first-order chi connectivity index (χ1) is 37.6. The molecule has 0 N–H and O–H groups in total. The van der Waals surface area contributed by atoms with Crippen LogP contribution >= 0.6 is 0 Å². The van der Waals surface area contributed by atoms with Gasteiger partial charge >= 0.3 is 11.9 Å². The first-order valence-electron chi connectivity index (χ1n) is 29.6. The van der Waals surface area contributed by atoms with Crippen LogP contribution in [0.4, 0.5) is 0 Å². The number of esters is 2. The average Bonchev–Trinajstić information content (AvgIpc) is 3.40. The lowest BCUT2D eigenvalue weighted by Crippen LogP contribution is -2.44. The summed E-state index contributed by atoms with van der Waals surface area (Å²) in [6, 6.07) is 0. The molecule has 0 spiro atoms. The molecule has 0 saturated carbocycles. The highest BCUT2D eigenvalue weighted by Gasteiger charge is 2.22. The molecule has 0 amide bonds. The zero-order valence-corrected chi connectivity index (χ0v) is 49.0. The van der Waals surface area contributed by atoms with Crippen molar-refractivity contribution in [2.45, 2.75) is 206 Å². The van der Waals surface area contributed by atoms with Crippen molar-refractivity contribution < 1.29 is 42.9 Å². The third-order valence-corrected chi connectivity index (χ3v) is 11.8. The van der Waals surface area contributed by atoms with E-state index in [1.807, 2.05) is 21.1 Å². The smallest absolute Gasteiger partial charge is 0.306 e. The van der Waals surface area contributed by atoms with Gasteiger partial charge in [-0.1, -0.05) is 217 Å². The lowest BCUT2D eigenvalue weighted by atomic mass is 10.1. The fourth-order valence-corrected chi connectivity index (χ4v) is 7.28. The minimum Gasteiger partial charge on any atom is -0.545 e. The fourth-order valence-electron chi connectivity index (χ4n) is 7.28. The standard InChI is InChI=1S/C68H107NO8/c1-6-8-10-12-14-16-18-20-22-24-25-26-27-28-29-30-31-32-33-34-35-36-37-38-39-40-41-43-45-47-49-51-53-55-57-59-66(71)77-64(63-76-68(67(72)73)74-61-60-69(3,4)5)62-75-65(70)58-56-54-52-50-48-46-44-42-23-21-19-17-15-13-11-9-7-2/h8-11,14-17,20-23,25-26,28-29,31-32,34-35,37-38,40-41,44,46,64,68H,6-7,12-13,18-19,24,27,30,33,36,39,42-43,45,47-63H2,1-5H3/b10-8-,11-9-,16-14-,17-15-,22-20-,23-21-,26-25-,29-28-,32-31-,35-34-,38-37-,41-40-,46-44-. The number of hydrogen-bond donors (Lipinski definition) is 0. The molecule has 432 valence electrons. The van der Waals surface area contributed by atoms with Crippen molar-refractivity contribution in [2.24, 2.45) is 0 Å². The second kappa shape index (κ2) is 57.1. The first kappa shape index (κ1) is 71.9. The van der Waals surface area contributed by atoms with E-state index in [0.29, 0.717) is 23.9 Å². The van der Waals surface area contributed by atoms with Crippen LogP contribution in [0.5, 0.6) is 0 Å².